The first-order valence-corrected chi connectivity index (χ1v) is 12.7. The zero-order valence-corrected chi connectivity index (χ0v) is 22.2. The number of aryl methyl sites for hydroxylation is 1. The van der Waals surface area contributed by atoms with Crippen LogP contribution in [0.2, 0.25) is 0 Å². The molecule has 1 amide bonds. The summed E-state index contributed by atoms with van der Waals surface area (Å²) in [6.07, 6.45) is 3.99. The Balaban J connectivity index is 1.60. The van der Waals surface area contributed by atoms with Gasteiger partial charge < -0.3 is 4.74 Å². The number of ether oxygens (including phenoxy) is 1. The Morgan fingerprint density at radius 3 is 2.70 bits per heavy atom. The Bertz CT molecular complexity index is 1490. The van der Waals surface area contributed by atoms with Crippen molar-refractivity contribution < 1.29 is 14.3 Å². The molecule has 0 bridgehead atoms. The number of carbonyl (C=O) groups is 2. The van der Waals surface area contributed by atoms with Crippen molar-refractivity contribution in [3.8, 4) is 11.8 Å². The van der Waals surface area contributed by atoms with Gasteiger partial charge in [0, 0.05) is 22.2 Å². The van der Waals surface area contributed by atoms with E-state index < -0.39 is 11.5 Å². The summed E-state index contributed by atoms with van der Waals surface area (Å²) in [5.74, 6) is 5.31. The van der Waals surface area contributed by atoms with Crippen molar-refractivity contribution in [3.63, 3.8) is 0 Å². The lowest BCUT2D eigenvalue weighted by atomic mass is 9.85. The second kappa shape index (κ2) is 10.5. The number of nitrogens with one attached hydrogen (secondary N) is 1. The summed E-state index contributed by atoms with van der Waals surface area (Å²) in [6, 6.07) is 14.9. The molecule has 0 aliphatic carbocycles. The number of carbonyl (C=O) groups excluding carboxylic acids is 2. The van der Waals surface area contributed by atoms with E-state index in [-0.39, 0.29) is 25.0 Å². The predicted molar refractivity (Wildman–Crippen MR) is 149 cm³/mol. The zero-order chi connectivity index (χ0) is 26.7. The summed E-state index contributed by atoms with van der Waals surface area (Å²) in [6.45, 7) is 9.84. The summed E-state index contributed by atoms with van der Waals surface area (Å²) in [4.78, 5) is 29.3. The number of hydrogen-bond donors (Lipinski definition) is 1. The van der Waals surface area contributed by atoms with Crippen LogP contribution in [-0.4, -0.2) is 47.0 Å². The fraction of sp³-hybridized carbons (Fsp3) is 0.233. The second-order valence-electron chi connectivity index (χ2n) is 9.12. The van der Waals surface area contributed by atoms with Gasteiger partial charge in [-0.05, 0) is 73.7 Å². The van der Waals surface area contributed by atoms with E-state index in [1.807, 2.05) is 38.1 Å². The van der Waals surface area contributed by atoms with Crippen LogP contribution in [0.15, 0.2) is 66.8 Å². The van der Waals surface area contributed by atoms with Gasteiger partial charge in [0.15, 0.2) is 6.73 Å². The van der Waals surface area contributed by atoms with Crippen LogP contribution >= 0.6 is 11.3 Å². The highest BCUT2D eigenvalue weighted by molar-refractivity contribution is 7.20. The van der Waals surface area contributed by atoms with Gasteiger partial charge in [-0.1, -0.05) is 36.8 Å². The van der Waals surface area contributed by atoms with E-state index >= 15 is 0 Å². The van der Waals surface area contributed by atoms with Gasteiger partial charge >= 0.3 is 5.97 Å². The molecule has 7 heteroatoms. The van der Waals surface area contributed by atoms with E-state index in [9.17, 15) is 9.59 Å². The maximum atomic E-state index is 12.7. The predicted octanol–water partition coefficient (Wildman–Crippen LogP) is 5.82. The lowest BCUT2D eigenvalue weighted by Gasteiger charge is -2.48. The highest BCUT2D eigenvalue weighted by Gasteiger charge is 2.45. The van der Waals surface area contributed by atoms with Crippen molar-refractivity contribution in [1.82, 2.24) is 9.80 Å². The molecule has 2 heterocycles. The fourth-order valence-corrected chi connectivity index (χ4v) is 5.38. The molecule has 1 aliphatic rings. The quantitative estimate of drug-likeness (QED) is 0.257. The van der Waals surface area contributed by atoms with Crippen LogP contribution in [0.1, 0.15) is 46.6 Å². The number of amides is 1. The second-order valence-corrected chi connectivity index (χ2v) is 10.2. The highest BCUT2D eigenvalue weighted by atomic mass is 32.1. The number of esters is 1. The minimum absolute atomic E-state index is 0.0447. The van der Waals surface area contributed by atoms with Gasteiger partial charge in [-0.3, -0.25) is 20.0 Å². The molecule has 0 saturated carbocycles. The summed E-state index contributed by atoms with van der Waals surface area (Å²) in [5, 5.41) is 9.76. The number of hydrogen-bond acceptors (Lipinski definition) is 5. The average Bonchev–Trinajstić information content (AvgIpc) is 3.21. The van der Waals surface area contributed by atoms with Gasteiger partial charge in [0.25, 0.3) is 0 Å². The highest BCUT2D eigenvalue weighted by Crippen LogP contribution is 2.36. The number of guanidine groups is 1. The third kappa shape index (κ3) is 5.07. The van der Waals surface area contributed by atoms with Crippen molar-refractivity contribution in [3.05, 3.63) is 88.3 Å². The van der Waals surface area contributed by atoms with Crippen molar-refractivity contribution in [2.75, 3.05) is 13.8 Å². The fourth-order valence-electron chi connectivity index (χ4n) is 4.29. The first kappa shape index (κ1) is 25.9. The Hall–Kier alpha value is -4.15. The van der Waals surface area contributed by atoms with Gasteiger partial charge in [0.2, 0.25) is 11.9 Å². The van der Waals surface area contributed by atoms with Crippen LogP contribution in [0.25, 0.3) is 16.2 Å². The van der Waals surface area contributed by atoms with Crippen LogP contribution in [0.3, 0.4) is 0 Å². The maximum Gasteiger partial charge on any atom is 0.339 e. The largest absolute Gasteiger partial charge is 0.441 e. The van der Waals surface area contributed by atoms with E-state index in [1.54, 1.807) is 47.5 Å². The van der Waals surface area contributed by atoms with Crippen LogP contribution < -0.4 is 0 Å². The Morgan fingerprint density at radius 2 is 2.00 bits per heavy atom. The molecule has 1 aromatic heterocycles. The van der Waals surface area contributed by atoms with E-state index in [0.29, 0.717) is 11.1 Å². The molecule has 1 N–H and O–H groups in total. The molecule has 3 aromatic rings. The number of thiophene rings is 1. The van der Waals surface area contributed by atoms with Gasteiger partial charge in [0.1, 0.15) is 0 Å². The zero-order valence-electron chi connectivity index (χ0n) is 21.4. The van der Waals surface area contributed by atoms with Gasteiger partial charge in [0.05, 0.1) is 17.5 Å². The van der Waals surface area contributed by atoms with E-state index in [2.05, 4.69) is 37.5 Å². The lowest BCUT2D eigenvalue weighted by Crippen LogP contribution is -2.63. The Labute approximate surface area is 221 Å². The molecule has 0 spiro atoms. The van der Waals surface area contributed by atoms with Crippen molar-refractivity contribution >= 4 is 45.3 Å². The van der Waals surface area contributed by atoms with E-state index in [0.717, 1.165) is 21.4 Å². The summed E-state index contributed by atoms with van der Waals surface area (Å²) in [7, 11) is 1.55. The van der Waals surface area contributed by atoms with E-state index in [1.165, 1.54) is 9.60 Å². The number of nitrogens with zero attached hydrogens (tertiary/aromatic N) is 2. The third-order valence-corrected chi connectivity index (χ3v) is 7.98. The SMILES string of the molecule is C=C(/C=C\c1sc2ccc(C#CC)cc2c1C)[C@]1(C)CC(=O)N(C)C(=N)N1COC(=O)c1ccccc1. The molecule has 4 rings (SSSR count). The first-order valence-electron chi connectivity index (χ1n) is 11.8. The molecule has 1 aliphatic heterocycles. The molecule has 1 atom stereocenters. The average molecular weight is 512 g/mol. The number of rotatable bonds is 6. The first-order chi connectivity index (χ1) is 17.7. The molecular weight excluding hydrogens is 482 g/mol. The maximum absolute atomic E-state index is 12.7. The summed E-state index contributed by atoms with van der Waals surface area (Å²) >= 11 is 1.68. The normalized spacial score (nSPS) is 17.7. The van der Waals surface area contributed by atoms with Crippen LogP contribution in [0.4, 0.5) is 0 Å². The van der Waals surface area contributed by atoms with E-state index in [4.69, 9.17) is 10.1 Å². The number of benzene rings is 2. The van der Waals surface area contributed by atoms with Crippen LogP contribution in [0, 0.1) is 24.2 Å². The van der Waals surface area contributed by atoms with Crippen molar-refractivity contribution in [2.24, 2.45) is 0 Å². The number of fused-ring (bicyclic) bond motifs is 1. The van der Waals surface area contributed by atoms with Crippen LogP contribution in [0.5, 0.6) is 0 Å². The Morgan fingerprint density at radius 1 is 1.27 bits per heavy atom. The molecule has 0 unspecified atom stereocenters. The van der Waals surface area contributed by atoms with Gasteiger partial charge in [-0.15, -0.1) is 17.3 Å². The van der Waals surface area contributed by atoms with Crippen molar-refractivity contribution in [1.29, 1.82) is 5.41 Å². The molecule has 188 valence electrons. The third-order valence-electron chi connectivity index (χ3n) is 6.74. The molecule has 1 fully saturated rings. The van der Waals surface area contributed by atoms with Gasteiger partial charge in [-0.25, -0.2) is 4.79 Å². The summed E-state index contributed by atoms with van der Waals surface area (Å²) in [5.41, 5.74) is 2.25. The van der Waals surface area contributed by atoms with Gasteiger partial charge in [-0.2, -0.15) is 0 Å². The van der Waals surface area contributed by atoms with Crippen LogP contribution in [-0.2, 0) is 9.53 Å². The molecule has 2 aromatic carbocycles. The Kier molecular flexibility index (Phi) is 7.33. The molecular formula is C30H29N3O3S. The minimum atomic E-state index is -0.942. The summed E-state index contributed by atoms with van der Waals surface area (Å²) < 4.78 is 6.72. The molecule has 6 nitrogen and oxygen atoms in total. The molecule has 0 radical (unpaired) electrons. The lowest BCUT2D eigenvalue weighted by molar-refractivity contribution is -0.132. The van der Waals surface area contributed by atoms with Crippen molar-refractivity contribution in [2.45, 2.75) is 32.7 Å². The molecule has 37 heavy (non-hydrogen) atoms. The minimum Gasteiger partial charge on any atom is -0.441 e. The molecule has 1 saturated heterocycles. The topological polar surface area (TPSA) is 73.7 Å². The smallest absolute Gasteiger partial charge is 0.339 e. The standard InChI is InChI=1S/C30H29N3O3S/c1-6-10-22-14-16-26-24(17-22)21(3)25(37-26)15-13-20(2)30(4)18-27(34)32(5)29(31)33(30)19-36-28(35)23-11-8-7-9-12-23/h7-9,11-17,31H,2,18-19H2,1,3-5H3/b15-13-,31-29?/t30-/m0/s1. The monoisotopic (exact) mass is 511 g/mol.